The molecule has 2 heteroatoms. The Morgan fingerprint density at radius 2 is 1.82 bits per heavy atom. The van der Waals surface area contributed by atoms with Crippen LogP contribution in [0.5, 0.6) is 0 Å². The van der Waals surface area contributed by atoms with Crippen molar-refractivity contribution in [2.45, 2.75) is 0 Å². The van der Waals surface area contributed by atoms with Crippen molar-refractivity contribution in [3.05, 3.63) is 71.5 Å². The first-order valence-electron chi connectivity index (χ1n) is 5.22. The highest BCUT2D eigenvalue weighted by molar-refractivity contribution is 5.89. The van der Waals surface area contributed by atoms with Crippen LogP contribution < -0.4 is 0 Å². The molecule has 0 saturated carbocycles. The molecule has 82 valence electrons. The lowest BCUT2D eigenvalue weighted by Crippen LogP contribution is -1.83. The number of halogens is 1. The number of allylic oxidation sites excluding steroid dienone is 1. The first kappa shape index (κ1) is 11.1. The molecular formula is C15H10FN. The Kier molecular flexibility index (Phi) is 3.32. The molecule has 1 nitrogen and oxygen atoms in total. The van der Waals surface area contributed by atoms with Gasteiger partial charge in [0.05, 0.1) is 11.6 Å². The first-order valence-corrected chi connectivity index (χ1v) is 5.22. The SMILES string of the molecule is N#C/C(=C/c1ccccc1)c1cccc(F)c1. The Morgan fingerprint density at radius 3 is 2.47 bits per heavy atom. The summed E-state index contributed by atoms with van der Waals surface area (Å²) >= 11 is 0. The van der Waals surface area contributed by atoms with Crippen molar-refractivity contribution >= 4 is 11.6 Å². The van der Waals surface area contributed by atoms with Gasteiger partial charge in [0.25, 0.3) is 0 Å². The number of benzene rings is 2. The van der Waals surface area contributed by atoms with Crippen LogP contribution in [0.1, 0.15) is 11.1 Å². The molecule has 0 aliphatic heterocycles. The Bertz CT molecular complexity index is 579. The lowest BCUT2D eigenvalue weighted by atomic mass is 10.0. The fraction of sp³-hybridized carbons (Fsp3) is 0. The Morgan fingerprint density at radius 1 is 1.06 bits per heavy atom. The van der Waals surface area contributed by atoms with Crippen molar-refractivity contribution in [3.8, 4) is 6.07 Å². The zero-order chi connectivity index (χ0) is 12.1. The van der Waals surface area contributed by atoms with Gasteiger partial charge in [0, 0.05) is 0 Å². The summed E-state index contributed by atoms with van der Waals surface area (Å²) in [6.45, 7) is 0. The molecule has 0 heterocycles. The van der Waals surface area contributed by atoms with Crippen molar-refractivity contribution in [2.75, 3.05) is 0 Å². The van der Waals surface area contributed by atoms with Gasteiger partial charge in [0.2, 0.25) is 0 Å². The summed E-state index contributed by atoms with van der Waals surface area (Å²) in [5.41, 5.74) is 1.97. The normalized spacial score (nSPS) is 10.9. The molecule has 2 aromatic carbocycles. The zero-order valence-corrected chi connectivity index (χ0v) is 9.10. The van der Waals surface area contributed by atoms with Crippen LogP contribution in [0.25, 0.3) is 11.6 Å². The molecule has 0 amide bonds. The molecule has 2 aromatic rings. The summed E-state index contributed by atoms with van der Waals surface area (Å²) in [6.07, 6.45) is 1.74. The number of hydrogen-bond donors (Lipinski definition) is 0. The quantitative estimate of drug-likeness (QED) is 0.559. The summed E-state index contributed by atoms with van der Waals surface area (Å²) in [4.78, 5) is 0. The summed E-state index contributed by atoms with van der Waals surface area (Å²) in [5.74, 6) is -0.336. The van der Waals surface area contributed by atoms with Gasteiger partial charge in [-0.15, -0.1) is 0 Å². The minimum Gasteiger partial charge on any atom is -0.207 e. The summed E-state index contributed by atoms with van der Waals surface area (Å²) in [5, 5.41) is 9.09. The molecule has 0 bridgehead atoms. The van der Waals surface area contributed by atoms with Gasteiger partial charge >= 0.3 is 0 Å². The van der Waals surface area contributed by atoms with E-state index in [1.54, 1.807) is 18.2 Å². The second kappa shape index (κ2) is 5.09. The van der Waals surface area contributed by atoms with Gasteiger partial charge in [-0.25, -0.2) is 4.39 Å². The second-order valence-corrected chi connectivity index (χ2v) is 3.59. The van der Waals surface area contributed by atoms with Gasteiger partial charge in [-0.1, -0.05) is 42.5 Å². The van der Waals surface area contributed by atoms with E-state index in [2.05, 4.69) is 6.07 Å². The van der Waals surface area contributed by atoms with Gasteiger partial charge in [-0.3, -0.25) is 0 Å². The van der Waals surface area contributed by atoms with Gasteiger partial charge < -0.3 is 0 Å². The van der Waals surface area contributed by atoms with E-state index in [-0.39, 0.29) is 5.82 Å². The maximum atomic E-state index is 13.1. The summed E-state index contributed by atoms with van der Waals surface area (Å²) in [6, 6.07) is 17.6. The lowest BCUT2D eigenvalue weighted by molar-refractivity contribution is 0.627. The van der Waals surface area contributed by atoms with Crippen LogP contribution in [0, 0.1) is 17.1 Å². The lowest BCUT2D eigenvalue weighted by Gasteiger charge is -1.99. The molecular weight excluding hydrogens is 213 g/mol. The predicted molar refractivity (Wildman–Crippen MR) is 66.3 cm³/mol. The maximum Gasteiger partial charge on any atom is 0.123 e. The highest BCUT2D eigenvalue weighted by Crippen LogP contribution is 2.18. The standard InChI is InChI=1S/C15H10FN/c16-15-8-4-7-13(10-15)14(11-17)9-12-5-2-1-3-6-12/h1-10H/b14-9-. The molecule has 0 aromatic heterocycles. The molecule has 2 rings (SSSR count). The highest BCUT2D eigenvalue weighted by Gasteiger charge is 2.01. The van der Waals surface area contributed by atoms with Crippen molar-refractivity contribution < 1.29 is 4.39 Å². The largest absolute Gasteiger partial charge is 0.207 e. The third-order valence-corrected chi connectivity index (χ3v) is 2.37. The molecule has 0 N–H and O–H groups in total. The van der Waals surface area contributed by atoms with Crippen molar-refractivity contribution in [2.24, 2.45) is 0 Å². The molecule has 0 aliphatic carbocycles. The van der Waals surface area contributed by atoms with Crippen LogP contribution in [-0.2, 0) is 0 Å². The minimum atomic E-state index is -0.336. The average Bonchev–Trinajstić information content (AvgIpc) is 2.37. The smallest absolute Gasteiger partial charge is 0.123 e. The van der Waals surface area contributed by atoms with E-state index >= 15 is 0 Å². The van der Waals surface area contributed by atoms with Gasteiger partial charge in [0.15, 0.2) is 0 Å². The van der Waals surface area contributed by atoms with Crippen molar-refractivity contribution in [1.82, 2.24) is 0 Å². The monoisotopic (exact) mass is 223 g/mol. The molecule has 0 unspecified atom stereocenters. The van der Waals surface area contributed by atoms with E-state index in [1.807, 2.05) is 30.3 Å². The van der Waals surface area contributed by atoms with E-state index in [0.29, 0.717) is 11.1 Å². The second-order valence-electron chi connectivity index (χ2n) is 3.59. The topological polar surface area (TPSA) is 23.8 Å². The fourth-order valence-corrected chi connectivity index (χ4v) is 1.55. The summed E-state index contributed by atoms with van der Waals surface area (Å²) in [7, 11) is 0. The maximum absolute atomic E-state index is 13.1. The van der Waals surface area contributed by atoms with E-state index < -0.39 is 0 Å². The molecule has 0 radical (unpaired) electrons. The molecule has 0 spiro atoms. The number of hydrogen-bond acceptors (Lipinski definition) is 1. The fourth-order valence-electron chi connectivity index (χ4n) is 1.55. The number of nitrogens with zero attached hydrogens (tertiary/aromatic N) is 1. The Hall–Kier alpha value is -2.40. The Labute approximate surface area is 99.5 Å². The van der Waals surface area contributed by atoms with Gasteiger partial charge in [-0.2, -0.15) is 5.26 Å². The third kappa shape index (κ3) is 2.79. The van der Waals surface area contributed by atoms with Crippen LogP contribution in [0.2, 0.25) is 0 Å². The minimum absolute atomic E-state index is 0.336. The predicted octanol–water partition coefficient (Wildman–Crippen LogP) is 3.89. The van der Waals surface area contributed by atoms with Crippen LogP contribution in [-0.4, -0.2) is 0 Å². The Balaban J connectivity index is 2.42. The van der Waals surface area contributed by atoms with Crippen LogP contribution in [0.4, 0.5) is 4.39 Å². The van der Waals surface area contributed by atoms with Crippen molar-refractivity contribution in [3.63, 3.8) is 0 Å². The first-order chi connectivity index (χ1) is 8.29. The number of rotatable bonds is 2. The van der Waals surface area contributed by atoms with Crippen molar-refractivity contribution in [1.29, 1.82) is 5.26 Å². The third-order valence-electron chi connectivity index (χ3n) is 2.37. The molecule has 0 aliphatic rings. The van der Waals surface area contributed by atoms with Crippen LogP contribution >= 0.6 is 0 Å². The average molecular weight is 223 g/mol. The van der Waals surface area contributed by atoms with E-state index in [1.165, 1.54) is 12.1 Å². The van der Waals surface area contributed by atoms with E-state index in [0.717, 1.165) is 5.56 Å². The van der Waals surface area contributed by atoms with Gasteiger partial charge in [-0.05, 0) is 29.3 Å². The molecule has 0 fully saturated rings. The zero-order valence-electron chi connectivity index (χ0n) is 9.10. The molecule has 0 saturated heterocycles. The van der Waals surface area contributed by atoms with Gasteiger partial charge in [0.1, 0.15) is 5.82 Å². The summed E-state index contributed by atoms with van der Waals surface area (Å²) < 4.78 is 13.1. The van der Waals surface area contributed by atoms with Crippen LogP contribution in [0.3, 0.4) is 0 Å². The van der Waals surface area contributed by atoms with E-state index in [4.69, 9.17) is 5.26 Å². The molecule has 17 heavy (non-hydrogen) atoms. The van der Waals surface area contributed by atoms with Crippen LogP contribution in [0.15, 0.2) is 54.6 Å². The highest BCUT2D eigenvalue weighted by atomic mass is 19.1. The molecule has 0 atom stereocenters. The van der Waals surface area contributed by atoms with E-state index in [9.17, 15) is 4.39 Å². The number of nitriles is 1.